The average molecular weight is 207 g/mol. The molecule has 0 heterocycles. The maximum Gasteiger partial charge on any atom is 0.115 e. The predicted octanol–water partition coefficient (Wildman–Crippen LogP) is 1.35. The Morgan fingerprint density at radius 2 is 2.33 bits per heavy atom. The van der Waals surface area contributed by atoms with E-state index in [1.165, 1.54) is 11.1 Å². The minimum atomic E-state index is -0.314. The zero-order chi connectivity index (χ0) is 10.8. The number of nitrogens with one attached hydrogen (secondary N) is 1. The number of fused-ring (bicyclic) bond motifs is 1. The fraction of sp³-hybridized carbons (Fsp3) is 0.500. The van der Waals surface area contributed by atoms with Gasteiger partial charge in [0.15, 0.2) is 0 Å². The lowest BCUT2D eigenvalue weighted by Crippen LogP contribution is -2.27. The van der Waals surface area contributed by atoms with E-state index in [1.807, 2.05) is 12.1 Å². The lowest BCUT2D eigenvalue weighted by atomic mass is 10.1. The second-order valence-electron chi connectivity index (χ2n) is 4.23. The number of hydrogen-bond donors (Lipinski definition) is 3. The van der Waals surface area contributed by atoms with Crippen LogP contribution in [-0.2, 0) is 6.42 Å². The predicted molar refractivity (Wildman–Crippen MR) is 58.9 cm³/mol. The fourth-order valence-corrected chi connectivity index (χ4v) is 2.13. The van der Waals surface area contributed by atoms with Crippen LogP contribution in [-0.4, -0.2) is 22.9 Å². The number of benzene rings is 1. The first kappa shape index (κ1) is 10.5. The Labute approximate surface area is 89.8 Å². The van der Waals surface area contributed by atoms with Crippen LogP contribution in [0.15, 0.2) is 18.2 Å². The van der Waals surface area contributed by atoms with Gasteiger partial charge in [0.1, 0.15) is 5.75 Å². The molecule has 0 saturated heterocycles. The van der Waals surface area contributed by atoms with E-state index in [-0.39, 0.29) is 6.10 Å². The van der Waals surface area contributed by atoms with Gasteiger partial charge in [-0.1, -0.05) is 6.07 Å². The molecule has 3 nitrogen and oxygen atoms in total. The summed E-state index contributed by atoms with van der Waals surface area (Å²) in [7, 11) is 0. The Hall–Kier alpha value is -1.06. The first-order valence-corrected chi connectivity index (χ1v) is 5.40. The smallest absolute Gasteiger partial charge is 0.115 e. The number of hydrogen-bond acceptors (Lipinski definition) is 3. The lowest BCUT2D eigenvalue weighted by Gasteiger charge is -2.15. The Morgan fingerprint density at radius 3 is 3.07 bits per heavy atom. The minimum absolute atomic E-state index is 0.314. The van der Waals surface area contributed by atoms with Gasteiger partial charge in [-0.15, -0.1) is 0 Å². The first-order valence-electron chi connectivity index (χ1n) is 5.40. The van der Waals surface area contributed by atoms with Crippen molar-refractivity contribution in [1.29, 1.82) is 0 Å². The second-order valence-corrected chi connectivity index (χ2v) is 4.23. The van der Waals surface area contributed by atoms with Gasteiger partial charge in [-0.25, -0.2) is 0 Å². The van der Waals surface area contributed by atoms with Crippen LogP contribution in [0.25, 0.3) is 0 Å². The molecule has 82 valence electrons. The van der Waals surface area contributed by atoms with E-state index in [1.54, 1.807) is 13.0 Å². The standard InChI is InChI=1S/C12H17NO2/c1-8(14)7-13-12-5-2-9-6-10(15)3-4-11(9)12/h3-4,6,8,12-15H,2,5,7H2,1H3. The molecule has 3 N–H and O–H groups in total. The van der Waals surface area contributed by atoms with E-state index >= 15 is 0 Å². The molecule has 0 spiro atoms. The zero-order valence-corrected chi connectivity index (χ0v) is 8.90. The molecule has 1 aliphatic carbocycles. The molecule has 0 fully saturated rings. The molecule has 1 aliphatic rings. The molecule has 3 heteroatoms. The third-order valence-electron chi connectivity index (χ3n) is 2.86. The minimum Gasteiger partial charge on any atom is -0.508 e. The van der Waals surface area contributed by atoms with Gasteiger partial charge in [-0.05, 0) is 43.0 Å². The molecule has 2 atom stereocenters. The Kier molecular flexibility index (Phi) is 2.93. The largest absolute Gasteiger partial charge is 0.508 e. The summed E-state index contributed by atoms with van der Waals surface area (Å²) in [5.41, 5.74) is 2.48. The van der Waals surface area contributed by atoms with Gasteiger partial charge >= 0.3 is 0 Å². The molecule has 15 heavy (non-hydrogen) atoms. The highest BCUT2D eigenvalue weighted by molar-refractivity contribution is 5.39. The molecule has 0 bridgehead atoms. The van der Waals surface area contributed by atoms with Gasteiger partial charge in [-0.3, -0.25) is 0 Å². The molecule has 0 aromatic heterocycles. The summed E-state index contributed by atoms with van der Waals surface area (Å²) >= 11 is 0. The van der Waals surface area contributed by atoms with Crippen molar-refractivity contribution in [3.63, 3.8) is 0 Å². The summed E-state index contributed by atoms with van der Waals surface area (Å²) < 4.78 is 0. The van der Waals surface area contributed by atoms with Crippen molar-refractivity contribution < 1.29 is 10.2 Å². The lowest BCUT2D eigenvalue weighted by molar-refractivity contribution is 0.186. The third kappa shape index (κ3) is 2.30. The van der Waals surface area contributed by atoms with Gasteiger partial charge in [-0.2, -0.15) is 0 Å². The van der Waals surface area contributed by atoms with Crippen LogP contribution in [0.2, 0.25) is 0 Å². The molecule has 1 aromatic rings. The molecule has 0 radical (unpaired) electrons. The Bertz CT molecular complexity index is 349. The summed E-state index contributed by atoms with van der Waals surface area (Å²) in [6.07, 6.45) is 1.73. The van der Waals surface area contributed by atoms with E-state index in [9.17, 15) is 10.2 Å². The fourth-order valence-electron chi connectivity index (χ4n) is 2.13. The van der Waals surface area contributed by atoms with Gasteiger partial charge in [0.05, 0.1) is 6.10 Å². The number of aliphatic hydroxyl groups excluding tert-OH is 1. The first-order chi connectivity index (χ1) is 7.16. The normalized spacial score (nSPS) is 21.3. The van der Waals surface area contributed by atoms with Gasteiger partial charge < -0.3 is 15.5 Å². The highest BCUT2D eigenvalue weighted by atomic mass is 16.3. The SMILES string of the molecule is CC(O)CNC1CCc2cc(O)ccc21. The van der Waals surface area contributed by atoms with E-state index in [0.717, 1.165) is 12.8 Å². The van der Waals surface area contributed by atoms with Gasteiger partial charge in [0.2, 0.25) is 0 Å². The number of aliphatic hydroxyl groups is 1. The highest BCUT2D eigenvalue weighted by Crippen LogP contribution is 2.32. The highest BCUT2D eigenvalue weighted by Gasteiger charge is 2.22. The topological polar surface area (TPSA) is 52.5 Å². The maximum absolute atomic E-state index is 9.34. The molecule has 0 saturated carbocycles. The number of aromatic hydroxyl groups is 1. The van der Waals surface area contributed by atoms with Crippen LogP contribution in [0.5, 0.6) is 5.75 Å². The van der Waals surface area contributed by atoms with Crippen molar-refractivity contribution in [2.45, 2.75) is 31.9 Å². The molecule has 0 amide bonds. The average Bonchev–Trinajstić information content (AvgIpc) is 2.57. The van der Waals surface area contributed by atoms with E-state index in [2.05, 4.69) is 5.32 Å². The van der Waals surface area contributed by atoms with Crippen LogP contribution in [0, 0.1) is 0 Å². The van der Waals surface area contributed by atoms with Crippen LogP contribution in [0.3, 0.4) is 0 Å². The molecular weight excluding hydrogens is 190 g/mol. The van der Waals surface area contributed by atoms with E-state index < -0.39 is 0 Å². The van der Waals surface area contributed by atoms with Crippen molar-refractivity contribution in [3.05, 3.63) is 29.3 Å². The molecule has 2 rings (SSSR count). The third-order valence-corrected chi connectivity index (χ3v) is 2.86. The van der Waals surface area contributed by atoms with Crippen LogP contribution in [0.1, 0.15) is 30.5 Å². The van der Waals surface area contributed by atoms with Crippen LogP contribution < -0.4 is 5.32 Å². The Balaban J connectivity index is 2.08. The number of phenolic OH excluding ortho intramolecular Hbond substituents is 1. The van der Waals surface area contributed by atoms with Crippen LogP contribution >= 0.6 is 0 Å². The van der Waals surface area contributed by atoms with Crippen LogP contribution in [0.4, 0.5) is 0 Å². The molecule has 1 aromatic carbocycles. The number of aryl methyl sites for hydroxylation is 1. The molecule has 2 unspecified atom stereocenters. The number of phenols is 1. The van der Waals surface area contributed by atoms with Crippen molar-refractivity contribution >= 4 is 0 Å². The van der Waals surface area contributed by atoms with Crippen molar-refractivity contribution in [1.82, 2.24) is 5.32 Å². The summed E-state index contributed by atoms with van der Waals surface area (Å²) in [4.78, 5) is 0. The zero-order valence-electron chi connectivity index (χ0n) is 8.90. The van der Waals surface area contributed by atoms with E-state index in [0.29, 0.717) is 18.3 Å². The second kappa shape index (κ2) is 4.21. The molecule has 0 aliphatic heterocycles. The van der Waals surface area contributed by atoms with Gasteiger partial charge in [0.25, 0.3) is 0 Å². The molecular formula is C12H17NO2. The van der Waals surface area contributed by atoms with Crippen molar-refractivity contribution in [3.8, 4) is 5.75 Å². The number of rotatable bonds is 3. The van der Waals surface area contributed by atoms with E-state index in [4.69, 9.17) is 0 Å². The summed E-state index contributed by atoms with van der Waals surface area (Å²) in [6.45, 7) is 2.39. The summed E-state index contributed by atoms with van der Waals surface area (Å²) in [5.74, 6) is 0.338. The van der Waals surface area contributed by atoms with Crippen molar-refractivity contribution in [2.75, 3.05) is 6.54 Å². The quantitative estimate of drug-likeness (QED) is 0.701. The van der Waals surface area contributed by atoms with Gasteiger partial charge in [0, 0.05) is 12.6 Å². The summed E-state index contributed by atoms with van der Waals surface area (Å²) in [5, 5.41) is 21.9. The maximum atomic E-state index is 9.34. The monoisotopic (exact) mass is 207 g/mol. The Morgan fingerprint density at radius 1 is 1.53 bits per heavy atom. The van der Waals surface area contributed by atoms with Crippen molar-refractivity contribution in [2.24, 2.45) is 0 Å². The summed E-state index contributed by atoms with van der Waals surface area (Å²) in [6, 6.07) is 5.85.